The summed E-state index contributed by atoms with van der Waals surface area (Å²) in [5.41, 5.74) is 5.52. The van der Waals surface area contributed by atoms with E-state index in [2.05, 4.69) is 64.9 Å². The molecule has 2 unspecified atom stereocenters. The Bertz CT molecular complexity index is 1010. The van der Waals surface area contributed by atoms with Gasteiger partial charge in [0.05, 0.1) is 17.3 Å². The second kappa shape index (κ2) is 22.3. The number of aliphatic carboxylic acids is 1. The molecule has 0 spiro atoms. The summed E-state index contributed by atoms with van der Waals surface area (Å²) in [5.74, 6) is -1.97. The van der Waals surface area contributed by atoms with Gasteiger partial charge in [0.25, 0.3) is 17.5 Å². The Morgan fingerprint density at radius 1 is 0.821 bits per heavy atom. The van der Waals surface area contributed by atoms with Crippen LogP contribution in [0.1, 0.15) is 98.4 Å². The Kier molecular flexibility index (Phi) is 21.5. The van der Waals surface area contributed by atoms with Crippen molar-refractivity contribution in [2.45, 2.75) is 79.1 Å². The summed E-state index contributed by atoms with van der Waals surface area (Å²) in [7, 11) is 0. The molecule has 0 fully saturated rings. The SMILES string of the molecule is CCCCC(CC)CN.CCCCC(CC)CNC(=O)C(=O)c1ccc(Br)s1.O=C(O)C(=O)c1ccc(Br)s1. The minimum Gasteiger partial charge on any atom is -0.475 e. The highest BCUT2D eigenvalue weighted by Gasteiger charge is 2.19. The van der Waals surface area contributed by atoms with E-state index in [1.54, 1.807) is 18.2 Å². The van der Waals surface area contributed by atoms with E-state index in [1.807, 2.05) is 0 Å². The minimum absolute atomic E-state index is 0.240. The maximum atomic E-state index is 11.9. The number of hydrogen-bond acceptors (Lipinski definition) is 7. The summed E-state index contributed by atoms with van der Waals surface area (Å²) in [5, 5.41) is 11.0. The summed E-state index contributed by atoms with van der Waals surface area (Å²) in [6.45, 7) is 10.2. The molecule has 0 aromatic carbocycles. The second-order valence-corrected chi connectivity index (χ2v) is 13.9. The molecule has 0 radical (unpaired) electrons. The third kappa shape index (κ3) is 16.5. The van der Waals surface area contributed by atoms with Crippen LogP contribution in [0.2, 0.25) is 0 Å². The Balaban J connectivity index is 0.000000612. The number of ketones is 2. The van der Waals surface area contributed by atoms with Crippen molar-refractivity contribution >= 4 is 78.0 Å². The van der Waals surface area contributed by atoms with Crippen molar-refractivity contribution in [3.8, 4) is 0 Å². The highest BCUT2D eigenvalue weighted by atomic mass is 79.9. The van der Waals surface area contributed by atoms with Crippen molar-refractivity contribution in [3.63, 3.8) is 0 Å². The van der Waals surface area contributed by atoms with Gasteiger partial charge >= 0.3 is 5.97 Å². The fraction of sp³-hybridized carbons (Fsp3) is 0.571. The smallest absolute Gasteiger partial charge is 0.378 e. The summed E-state index contributed by atoms with van der Waals surface area (Å²) >= 11 is 8.80. The van der Waals surface area contributed by atoms with E-state index in [0.29, 0.717) is 17.3 Å². The summed E-state index contributed by atoms with van der Waals surface area (Å²) in [6.07, 6.45) is 9.67. The fourth-order valence-electron chi connectivity index (χ4n) is 3.33. The molecule has 4 N–H and O–H groups in total. The Morgan fingerprint density at radius 2 is 1.28 bits per heavy atom. The maximum Gasteiger partial charge on any atom is 0.378 e. The first kappa shape index (κ1) is 37.6. The van der Waals surface area contributed by atoms with Gasteiger partial charge in [0, 0.05) is 6.54 Å². The van der Waals surface area contributed by atoms with Crippen molar-refractivity contribution in [2.75, 3.05) is 13.1 Å². The molecule has 2 heterocycles. The quantitative estimate of drug-likeness (QED) is 0.127. The van der Waals surface area contributed by atoms with Crippen LogP contribution >= 0.6 is 54.5 Å². The summed E-state index contributed by atoms with van der Waals surface area (Å²) in [6, 6.07) is 6.57. The topological polar surface area (TPSA) is 127 Å². The molecule has 7 nitrogen and oxygen atoms in total. The summed E-state index contributed by atoms with van der Waals surface area (Å²) in [4.78, 5) is 45.2. The second-order valence-electron chi connectivity index (χ2n) is 8.95. The average Bonchev–Trinajstić information content (AvgIpc) is 3.57. The van der Waals surface area contributed by atoms with Gasteiger partial charge in [-0.25, -0.2) is 4.79 Å². The number of halogens is 2. The lowest BCUT2D eigenvalue weighted by Crippen LogP contribution is -2.34. The molecule has 11 heteroatoms. The van der Waals surface area contributed by atoms with E-state index in [-0.39, 0.29) is 4.88 Å². The number of unbranched alkanes of at least 4 members (excludes halogenated alkanes) is 2. The third-order valence-electron chi connectivity index (χ3n) is 5.97. The Morgan fingerprint density at radius 3 is 1.64 bits per heavy atom. The maximum absolute atomic E-state index is 11.9. The first-order valence-corrected chi connectivity index (χ1v) is 16.6. The molecule has 0 aliphatic rings. The zero-order valence-corrected chi connectivity index (χ0v) is 28.1. The molecule has 0 bridgehead atoms. The van der Waals surface area contributed by atoms with Crippen molar-refractivity contribution in [1.29, 1.82) is 0 Å². The van der Waals surface area contributed by atoms with Gasteiger partial charge in [0.2, 0.25) is 0 Å². The van der Waals surface area contributed by atoms with Crippen LogP contribution in [-0.2, 0) is 9.59 Å². The van der Waals surface area contributed by atoms with Gasteiger partial charge < -0.3 is 16.2 Å². The van der Waals surface area contributed by atoms with Crippen LogP contribution in [0.5, 0.6) is 0 Å². The van der Waals surface area contributed by atoms with Gasteiger partial charge in [-0.15, -0.1) is 22.7 Å². The van der Waals surface area contributed by atoms with Crippen LogP contribution < -0.4 is 11.1 Å². The minimum atomic E-state index is -1.42. The monoisotopic (exact) mass is 708 g/mol. The molecule has 2 aromatic heterocycles. The molecule has 0 saturated carbocycles. The van der Waals surface area contributed by atoms with E-state index >= 15 is 0 Å². The molecule has 220 valence electrons. The van der Waals surface area contributed by atoms with E-state index in [4.69, 9.17) is 10.8 Å². The number of carboxylic acid groups (broad SMARTS) is 1. The predicted octanol–water partition coefficient (Wildman–Crippen LogP) is 7.97. The van der Waals surface area contributed by atoms with Crippen molar-refractivity contribution in [1.82, 2.24) is 5.32 Å². The molecule has 2 rings (SSSR count). The first-order chi connectivity index (χ1) is 18.5. The summed E-state index contributed by atoms with van der Waals surface area (Å²) < 4.78 is 1.61. The van der Waals surface area contributed by atoms with Crippen LogP contribution in [0.25, 0.3) is 0 Å². The van der Waals surface area contributed by atoms with E-state index in [9.17, 15) is 19.2 Å². The van der Waals surface area contributed by atoms with Crippen LogP contribution in [0, 0.1) is 11.8 Å². The number of carbonyl (C=O) groups excluding carboxylic acids is 3. The lowest BCUT2D eigenvalue weighted by atomic mass is 9.99. The first-order valence-electron chi connectivity index (χ1n) is 13.3. The highest BCUT2D eigenvalue weighted by molar-refractivity contribution is 9.11. The molecule has 0 saturated heterocycles. The highest BCUT2D eigenvalue weighted by Crippen LogP contribution is 2.23. The molecular formula is C28H42Br2N2O5S2. The van der Waals surface area contributed by atoms with Gasteiger partial charge in [0.15, 0.2) is 0 Å². The number of thiophene rings is 2. The standard InChI is InChI=1S/C14H20BrNO2S.C8H19N.C6H3BrO3S/c1-3-5-6-10(4-2)9-16-14(18)13(17)11-7-8-12(15)19-11;1-3-5-6-8(4-2)7-9;7-4-2-1-3(11-4)5(8)6(9)10/h7-8,10H,3-6,9H2,1-2H3,(H,16,18);8H,3-7,9H2,1-2H3;1-2H,(H,9,10). The zero-order valence-electron chi connectivity index (χ0n) is 23.3. The van der Waals surface area contributed by atoms with Crippen LogP contribution in [0.3, 0.4) is 0 Å². The molecule has 1 amide bonds. The van der Waals surface area contributed by atoms with Crippen molar-refractivity contribution in [2.24, 2.45) is 17.6 Å². The number of hydrogen-bond donors (Lipinski definition) is 3. The average molecular weight is 711 g/mol. The number of amides is 1. The van der Waals surface area contributed by atoms with Gasteiger partial charge in [-0.2, -0.15) is 0 Å². The van der Waals surface area contributed by atoms with Gasteiger partial charge in [-0.3, -0.25) is 14.4 Å². The van der Waals surface area contributed by atoms with Crippen molar-refractivity contribution in [3.05, 3.63) is 41.6 Å². The molecule has 0 aliphatic carbocycles. The largest absolute Gasteiger partial charge is 0.475 e. The van der Waals surface area contributed by atoms with Crippen LogP contribution in [0.15, 0.2) is 31.8 Å². The predicted molar refractivity (Wildman–Crippen MR) is 169 cm³/mol. The number of nitrogens with one attached hydrogen (secondary N) is 1. The Labute approximate surface area is 257 Å². The number of nitrogens with two attached hydrogens (primary N) is 1. The van der Waals surface area contributed by atoms with Crippen molar-refractivity contribution < 1.29 is 24.3 Å². The number of Topliss-reactive ketones (excluding diaryl/α,β-unsaturated/α-hetero) is 2. The zero-order chi connectivity index (χ0) is 29.8. The number of carboxylic acids is 1. The Hall–Kier alpha value is -1.40. The molecule has 39 heavy (non-hydrogen) atoms. The van der Waals surface area contributed by atoms with E-state index < -0.39 is 23.4 Å². The number of carbonyl (C=O) groups is 4. The lowest BCUT2D eigenvalue weighted by Gasteiger charge is -2.14. The van der Waals surface area contributed by atoms with E-state index in [1.165, 1.54) is 49.5 Å². The number of rotatable bonds is 15. The fourth-order valence-corrected chi connectivity index (χ4v) is 5.97. The van der Waals surface area contributed by atoms with E-state index in [0.717, 1.165) is 50.6 Å². The van der Waals surface area contributed by atoms with Crippen LogP contribution in [0.4, 0.5) is 0 Å². The normalized spacial score (nSPS) is 11.8. The molecule has 2 atom stereocenters. The van der Waals surface area contributed by atoms with Crippen LogP contribution in [-0.4, -0.2) is 41.6 Å². The molecule has 2 aromatic rings. The van der Waals surface area contributed by atoms with Gasteiger partial charge in [-0.1, -0.05) is 66.2 Å². The third-order valence-corrected chi connectivity index (χ3v) is 9.21. The van der Waals surface area contributed by atoms with Gasteiger partial charge in [-0.05, 0) is 87.3 Å². The molecular weight excluding hydrogens is 668 g/mol. The van der Waals surface area contributed by atoms with Gasteiger partial charge in [0.1, 0.15) is 0 Å². The molecule has 0 aliphatic heterocycles. The lowest BCUT2D eigenvalue weighted by molar-refractivity contribution is -0.131.